The molecule has 1 fully saturated rings. The quantitative estimate of drug-likeness (QED) is 0.380. The van der Waals surface area contributed by atoms with Gasteiger partial charge in [-0.25, -0.2) is 9.18 Å². The number of carbonyl (C=O) groups excluding carboxylic acids is 1. The molecule has 4 nitrogen and oxygen atoms in total. The predicted octanol–water partition coefficient (Wildman–Crippen LogP) is 6.04. The Kier molecular flexibility index (Phi) is 6.71. The summed E-state index contributed by atoms with van der Waals surface area (Å²) in [5, 5.41) is 0. The molecule has 0 spiro atoms. The normalized spacial score (nSPS) is 16.7. The van der Waals surface area contributed by atoms with Gasteiger partial charge in [0.2, 0.25) is 5.82 Å². The number of hydrogen-bond acceptors (Lipinski definition) is 3. The average molecular weight is 492 g/mol. The lowest BCUT2D eigenvalue weighted by Gasteiger charge is -2.34. The first-order valence-electron chi connectivity index (χ1n) is 8.72. The number of alkyl halides is 5. The van der Waals surface area contributed by atoms with Gasteiger partial charge in [0, 0.05) is 34.6 Å². The van der Waals surface area contributed by atoms with Crippen LogP contribution in [0.3, 0.4) is 0 Å². The molecule has 11 heteroatoms. The highest BCUT2D eigenvalue weighted by molar-refractivity contribution is 9.10. The van der Waals surface area contributed by atoms with Crippen molar-refractivity contribution in [1.82, 2.24) is 4.90 Å². The minimum atomic E-state index is -5.12. The van der Waals surface area contributed by atoms with Gasteiger partial charge < -0.3 is 14.4 Å². The third-order valence-corrected chi connectivity index (χ3v) is 4.69. The van der Waals surface area contributed by atoms with Crippen LogP contribution in [0.5, 0.6) is 5.75 Å². The molecule has 0 radical (unpaired) electrons. The fourth-order valence-electron chi connectivity index (χ4n) is 2.86. The number of piperidine rings is 1. The number of nitrogens with zero attached hydrogens (tertiary/aromatic N) is 1. The van der Waals surface area contributed by atoms with Crippen LogP contribution in [-0.4, -0.2) is 40.6 Å². The first-order chi connectivity index (χ1) is 13.1. The molecule has 1 aliphatic rings. The van der Waals surface area contributed by atoms with Crippen molar-refractivity contribution >= 4 is 22.0 Å². The van der Waals surface area contributed by atoms with Crippen molar-refractivity contribution in [2.75, 3.05) is 13.1 Å². The SMILES string of the molecule is CC(C)(C)OC(=O)N1CCC(c2ccc(F)c(F)c2OC(F)(F)C(F)(F)Br)CC1. The highest BCUT2D eigenvalue weighted by Gasteiger charge is 2.58. The number of rotatable bonds is 4. The van der Waals surface area contributed by atoms with Crippen LogP contribution in [0.15, 0.2) is 12.1 Å². The second-order valence-electron chi connectivity index (χ2n) is 7.64. The zero-order valence-corrected chi connectivity index (χ0v) is 17.5. The molecule has 2 rings (SSSR count). The zero-order chi connectivity index (χ0) is 22.2. The minimum Gasteiger partial charge on any atom is -0.444 e. The highest BCUT2D eigenvalue weighted by atomic mass is 79.9. The van der Waals surface area contributed by atoms with Crippen LogP contribution < -0.4 is 4.74 Å². The maximum atomic E-state index is 14.1. The third kappa shape index (κ3) is 5.70. The highest BCUT2D eigenvalue weighted by Crippen LogP contribution is 2.44. The van der Waals surface area contributed by atoms with Crippen LogP contribution in [0, 0.1) is 11.6 Å². The standard InChI is InChI=1S/C18H20BrF6NO3/c1-16(2,3)29-15(27)26-8-6-10(7-9-26)11-4-5-12(20)13(21)14(11)28-18(24,25)17(19,22)23/h4-5,10H,6-9H2,1-3H3. The Hall–Kier alpha value is -1.65. The van der Waals surface area contributed by atoms with Gasteiger partial charge in [0.25, 0.3) is 0 Å². The number of benzene rings is 1. The molecule has 1 heterocycles. The van der Waals surface area contributed by atoms with Crippen molar-refractivity contribution in [2.45, 2.75) is 56.1 Å². The predicted molar refractivity (Wildman–Crippen MR) is 95.6 cm³/mol. The summed E-state index contributed by atoms with van der Waals surface area (Å²) in [6, 6.07) is 1.73. The summed E-state index contributed by atoms with van der Waals surface area (Å²) in [4.78, 5) is 8.70. The number of halogens is 7. The summed E-state index contributed by atoms with van der Waals surface area (Å²) in [5.41, 5.74) is -0.884. The first-order valence-corrected chi connectivity index (χ1v) is 9.51. The van der Waals surface area contributed by atoms with E-state index in [1.165, 1.54) is 20.8 Å². The topological polar surface area (TPSA) is 38.8 Å². The number of likely N-dealkylation sites (tertiary alicyclic amines) is 1. The molecule has 0 atom stereocenters. The Morgan fingerprint density at radius 1 is 1.10 bits per heavy atom. The summed E-state index contributed by atoms with van der Waals surface area (Å²) in [6.07, 6.45) is -5.30. The number of hydrogen-bond donors (Lipinski definition) is 0. The number of carbonyl (C=O) groups is 1. The fourth-order valence-corrected chi connectivity index (χ4v) is 2.94. The fraction of sp³-hybridized carbons (Fsp3) is 0.611. The second kappa shape index (κ2) is 8.23. The Labute approximate surface area is 172 Å². The van der Waals surface area contributed by atoms with Gasteiger partial charge in [0.1, 0.15) is 5.60 Å². The molecular weight excluding hydrogens is 472 g/mol. The largest absolute Gasteiger partial charge is 0.475 e. The van der Waals surface area contributed by atoms with E-state index in [0.29, 0.717) is 6.07 Å². The van der Waals surface area contributed by atoms with E-state index >= 15 is 0 Å². The van der Waals surface area contributed by atoms with E-state index in [1.54, 1.807) is 20.8 Å². The van der Waals surface area contributed by atoms with Crippen LogP contribution in [0.25, 0.3) is 0 Å². The van der Waals surface area contributed by atoms with E-state index in [4.69, 9.17) is 4.74 Å². The van der Waals surface area contributed by atoms with Gasteiger partial charge in [0.15, 0.2) is 11.6 Å². The molecular formula is C18H20BrF6NO3. The molecule has 0 aliphatic carbocycles. The summed E-state index contributed by atoms with van der Waals surface area (Å²) < 4.78 is 90.2. The number of amides is 1. The smallest absolute Gasteiger partial charge is 0.444 e. The van der Waals surface area contributed by atoms with Crippen LogP contribution >= 0.6 is 15.9 Å². The summed E-state index contributed by atoms with van der Waals surface area (Å²) in [5.74, 6) is -5.18. The van der Waals surface area contributed by atoms with E-state index in [-0.39, 0.29) is 31.5 Å². The van der Waals surface area contributed by atoms with Gasteiger partial charge >= 0.3 is 17.0 Å². The van der Waals surface area contributed by atoms with Crippen molar-refractivity contribution in [1.29, 1.82) is 0 Å². The lowest BCUT2D eigenvalue weighted by Crippen LogP contribution is -2.42. The summed E-state index contributed by atoms with van der Waals surface area (Å²) in [7, 11) is 0. The van der Waals surface area contributed by atoms with E-state index in [9.17, 15) is 31.1 Å². The molecule has 0 aromatic heterocycles. The van der Waals surface area contributed by atoms with E-state index < -0.39 is 45.9 Å². The third-order valence-electron chi connectivity index (χ3n) is 4.23. The van der Waals surface area contributed by atoms with Crippen molar-refractivity contribution < 1.29 is 40.6 Å². The Morgan fingerprint density at radius 2 is 1.66 bits per heavy atom. The van der Waals surface area contributed by atoms with Crippen LogP contribution in [0.1, 0.15) is 45.1 Å². The molecule has 1 amide bonds. The number of ether oxygens (including phenoxy) is 2. The lowest BCUT2D eigenvalue weighted by molar-refractivity contribution is -0.267. The molecule has 1 aromatic carbocycles. The van der Waals surface area contributed by atoms with Crippen LogP contribution in [0.2, 0.25) is 0 Å². The monoisotopic (exact) mass is 491 g/mol. The summed E-state index contributed by atoms with van der Waals surface area (Å²) >= 11 is 1.49. The van der Waals surface area contributed by atoms with Gasteiger partial charge in [-0.1, -0.05) is 6.07 Å². The molecule has 0 unspecified atom stereocenters. The summed E-state index contributed by atoms with van der Waals surface area (Å²) in [6.45, 7) is 5.40. The molecule has 1 aromatic rings. The van der Waals surface area contributed by atoms with E-state index in [2.05, 4.69) is 4.74 Å². The molecule has 0 saturated carbocycles. The molecule has 0 N–H and O–H groups in total. The van der Waals surface area contributed by atoms with E-state index in [1.807, 2.05) is 0 Å². The first kappa shape index (κ1) is 23.6. The Morgan fingerprint density at radius 3 is 2.14 bits per heavy atom. The van der Waals surface area contributed by atoms with Crippen molar-refractivity contribution in [3.63, 3.8) is 0 Å². The van der Waals surface area contributed by atoms with Crippen molar-refractivity contribution in [3.05, 3.63) is 29.3 Å². The van der Waals surface area contributed by atoms with Gasteiger partial charge in [-0.05, 0) is 45.6 Å². The van der Waals surface area contributed by atoms with Crippen molar-refractivity contribution in [3.8, 4) is 5.75 Å². The Balaban J connectivity index is 2.22. The van der Waals surface area contributed by atoms with Crippen molar-refractivity contribution in [2.24, 2.45) is 0 Å². The van der Waals surface area contributed by atoms with E-state index in [0.717, 1.165) is 6.07 Å². The maximum absolute atomic E-state index is 14.1. The zero-order valence-electron chi connectivity index (χ0n) is 15.9. The van der Waals surface area contributed by atoms with Gasteiger partial charge in [-0.2, -0.15) is 22.0 Å². The second-order valence-corrected chi connectivity index (χ2v) is 8.63. The van der Waals surface area contributed by atoms with Crippen LogP contribution in [-0.2, 0) is 4.74 Å². The van der Waals surface area contributed by atoms with Gasteiger partial charge in [-0.15, -0.1) is 0 Å². The van der Waals surface area contributed by atoms with Crippen LogP contribution in [0.4, 0.5) is 31.1 Å². The van der Waals surface area contributed by atoms with Gasteiger partial charge in [0.05, 0.1) is 0 Å². The molecule has 29 heavy (non-hydrogen) atoms. The lowest BCUT2D eigenvalue weighted by atomic mass is 9.88. The molecule has 1 saturated heterocycles. The maximum Gasteiger partial charge on any atom is 0.475 e. The minimum absolute atomic E-state index is 0.156. The average Bonchev–Trinajstić information content (AvgIpc) is 2.57. The molecule has 0 bridgehead atoms. The molecule has 164 valence electrons. The van der Waals surface area contributed by atoms with Gasteiger partial charge in [-0.3, -0.25) is 0 Å². The molecule has 1 aliphatic heterocycles. The Bertz CT molecular complexity index is 755.